The molecule has 7 rings (SSSR count). The summed E-state index contributed by atoms with van der Waals surface area (Å²) in [7, 11) is 0. The van der Waals surface area contributed by atoms with Crippen LogP contribution < -0.4 is 15.2 Å². The Labute approximate surface area is 227 Å². The molecule has 1 atom stereocenters. The Balaban J connectivity index is 1.56. The molecule has 0 saturated heterocycles. The van der Waals surface area contributed by atoms with Gasteiger partial charge in [0.1, 0.15) is 5.58 Å². The molecular formula is C31H23N3O4S. The van der Waals surface area contributed by atoms with Crippen LogP contribution in [0.1, 0.15) is 43.4 Å². The average Bonchev–Trinajstić information content (AvgIpc) is 3.49. The van der Waals surface area contributed by atoms with Gasteiger partial charge in [0.05, 0.1) is 28.9 Å². The number of amides is 2. The summed E-state index contributed by atoms with van der Waals surface area (Å²) < 4.78 is 6.12. The summed E-state index contributed by atoms with van der Waals surface area (Å²) in [6, 6.07) is 22.1. The van der Waals surface area contributed by atoms with E-state index >= 15 is 0 Å². The van der Waals surface area contributed by atoms with Crippen LogP contribution in [0, 0.1) is 20.8 Å². The quantitative estimate of drug-likeness (QED) is 0.300. The zero-order valence-electron chi connectivity index (χ0n) is 21.5. The molecule has 4 heterocycles. The van der Waals surface area contributed by atoms with Crippen molar-refractivity contribution >= 4 is 44.9 Å². The average molecular weight is 534 g/mol. The zero-order valence-corrected chi connectivity index (χ0v) is 22.3. The Morgan fingerprint density at radius 1 is 0.897 bits per heavy atom. The first-order valence-electron chi connectivity index (χ1n) is 12.6. The van der Waals surface area contributed by atoms with E-state index in [1.165, 1.54) is 16.2 Å². The smallest absolute Gasteiger partial charge is 0.297 e. The zero-order chi connectivity index (χ0) is 27.1. The van der Waals surface area contributed by atoms with Gasteiger partial charge in [-0.25, -0.2) is 4.98 Å². The molecule has 0 fully saturated rings. The molecule has 2 aliphatic rings. The number of aryl methyl sites for hydroxylation is 3. The molecular weight excluding hydrogens is 510 g/mol. The topological polar surface area (TPSA) is 83.7 Å². The Morgan fingerprint density at radius 2 is 1.62 bits per heavy atom. The monoisotopic (exact) mass is 533 g/mol. The predicted octanol–water partition coefficient (Wildman–Crippen LogP) is 5.63. The van der Waals surface area contributed by atoms with Crippen LogP contribution in [0.5, 0.6) is 0 Å². The highest BCUT2D eigenvalue weighted by atomic mass is 32.1. The SMILES string of the molecule is Cc1ccc(CN2C(=O)C3(c4ccccc42)c2c(oc4ccccc4c2=O)C(=O)N3c2nc(C)c(C)s2)cc1. The van der Waals surface area contributed by atoms with E-state index in [0.29, 0.717) is 27.4 Å². The van der Waals surface area contributed by atoms with E-state index in [2.05, 4.69) is 4.98 Å². The molecule has 2 aliphatic heterocycles. The van der Waals surface area contributed by atoms with Gasteiger partial charge in [0, 0.05) is 10.4 Å². The number of carbonyl (C=O) groups is 2. The standard InChI is InChI=1S/C31H23N3O4S/c1-17-12-14-20(15-13-17)16-33-23-10-6-5-9-22(23)31(29(33)37)25-26(35)21-8-4-7-11-24(21)38-27(25)28(36)34(31)30-32-18(2)19(3)39-30/h4-15H,16H2,1-3H3. The van der Waals surface area contributed by atoms with Crippen molar-refractivity contribution in [3.63, 3.8) is 0 Å². The largest absolute Gasteiger partial charge is 0.450 e. The van der Waals surface area contributed by atoms with Crippen molar-refractivity contribution in [2.45, 2.75) is 32.9 Å². The molecule has 2 amide bonds. The second-order valence-corrected chi connectivity index (χ2v) is 11.2. The molecule has 39 heavy (non-hydrogen) atoms. The minimum Gasteiger partial charge on any atom is -0.450 e. The van der Waals surface area contributed by atoms with Gasteiger partial charge in [0.2, 0.25) is 5.76 Å². The Bertz CT molecular complexity index is 1890. The molecule has 1 spiro atoms. The molecule has 192 valence electrons. The second-order valence-electron chi connectivity index (χ2n) is 10.0. The van der Waals surface area contributed by atoms with Gasteiger partial charge in [-0.2, -0.15) is 0 Å². The maximum atomic E-state index is 14.9. The minimum atomic E-state index is -1.74. The summed E-state index contributed by atoms with van der Waals surface area (Å²) >= 11 is 1.32. The highest BCUT2D eigenvalue weighted by molar-refractivity contribution is 7.16. The molecule has 1 unspecified atom stereocenters. The number of carbonyl (C=O) groups excluding carboxylic acids is 2. The van der Waals surface area contributed by atoms with Crippen molar-refractivity contribution in [1.29, 1.82) is 0 Å². The Hall–Kier alpha value is -4.56. The molecule has 3 aromatic carbocycles. The van der Waals surface area contributed by atoms with E-state index in [1.54, 1.807) is 29.2 Å². The van der Waals surface area contributed by atoms with Crippen LogP contribution >= 0.6 is 11.3 Å². The molecule has 0 N–H and O–H groups in total. The lowest BCUT2D eigenvalue weighted by Crippen LogP contribution is -2.53. The molecule has 0 radical (unpaired) electrons. The van der Waals surface area contributed by atoms with Gasteiger partial charge in [-0.1, -0.05) is 60.2 Å². The summed E-state index contributed by atoms with van der Waals surface area (Å²) in [5.41, 5.74) is 2.21. The number of hydrogen-bond donors (Lipinski definition) is 0. The summed E-state index contributed by atoms with van der Waals surface area (Å²) in [6.45, 7) is 6.07. The van der Waals surface area contributed by atoms with Crippen molar-refractivity contribution in [2.75, 3.05) is 9.80 Å². The predicted molar refractivity (Wildman–Crippen MR) is 150 cm³/mol. The van der Waals surface area contributed by atoms with Crippen molar-refractivity contribution in [3.8, 4) is 0 Å². The number of hydrogen-bond acceptors (Lipinski definition) is 6. The van der Waals surface area contributed by atoms with Gasteiger partial charge in [-0.05, 0) is 44.5 Å². The number of benzene rings is 3. The van der Waals surface area contributed by atoms with Gasteiger partial charge in [-0.3, -0.25) is 19.3 Å². The van der Waals surface area contributed by atoms with E-state index in [9.17, 15) is 14.4 Å². The van der Waals surface area contributed by atoms with Crippen LogP contribution in [0.4, 0.5) is 10.8 Å². The number of anilines is 2. The first-order chi connectivity index (χ1) is 18.8. The number of rotatable bonds is 3. The van der Waals surface area contributed by atoms with E-state index in [1.807, 2.05) is 69.3 Å². The normalized spacial score (nSPS) is 17.9. The third-order valence-electron chi connectivity index (χ3n) is 7.70. The summed E-state index contributed by atoms with van der Waals surface area (Å²) in [5.74, 6) is -1.06. The molecule has 5 aromatic rings. The second kappa shape index (κ2) is 8.22. The maximum Gasteiger partial charge on any atom is 0.297 e. The number of thiazole rings is 1. The van der Waals surface area contributed by atoms with Crippen molar-refractivity contribution in [1.82, 2.24) is 4.98 Å². The summed E-state index contributed by atoms with van der Waals surface area (Å²) in [4.78, 5) is 51.9. The number of para-hydroxylation sites is 2. The fourth-order valence-electron chi connectivity index (χ4n) is 5.69. The number of aromatic nitrogens is 1. The van der Waals surface area contributed by atoms with Crippen LogP contribution in [0.3, 0.4) is 0 Å². The lowest BCUT2D eigenvalue weighted by atomic mass is 9.84. The minimum absolute atomic E-state index is 0.0422. The van der Waals surface area contributed by atoms with Gasteiger partial charge >= 0.3 is 0 Å². The highest BCUT2D eigenvalue weighted by Gasteiger charge is 2.66. The fraction of sp³-hybridized carbons (Fsp3) is 0.161. The lowest BCUT2D eigenvalue weighted by molar-refractivity contribution is -0.121. The first-order valence-corrected chi connectivity index (χ1v) is 13.5. The lowest BCUT2D eigenvalue weighted by Gasteiger charge is -2.32. The van der Waals surface area contributed by atoms with Crippen LogP contribution in [0.15, 0.2) is 82.0 Å². The molecule has 2 aromatic heterocycles. The van der Waals surface area contributed by atoms with Gasteiger partial charge in [0.15, 0.2) is 16.1 Å². The van der Waals surface area contributed by atoms with Gasteiger partial charge in [0.25, 0.3) is 11.8 Å². The Kier molecular flexibility index (Phi) is 4.96. The molecule has 0 saturated carbocycles. The van der Waals surface area contributed by atoms with Crippen LogP contribution in [0.25, 0.3) is 11.0 Å². The highest BCUT2D eigenvalue weighted by Crippen LogP contribution is 2.54. The number of fused-ring (bicyclic) bond motifs is 5. The van der Waals surface area contributed by atoms with E-state index < -0.39 is 16.9 Å². The molecule has 0 bridgehead atoms. The third-order valence-corrected chi connectivity index (χ3v) is 8.76. The van der Waals surface area contributed by atoms with Crippen LogP contribution in [-0.4, -0.2) is 16.8 Å². The van der Waals surface area contributed by atoms with E-state index in [0.717, 1.165) is 21.7 Å². The maximum absolute atomic E-state index is 14.9. The third kappa shape index (κ3) is 3.09. The molecule has 7 nitrogen and oxygen atoms in total. The van der Waals surface area contributed by atoms with E-state index in [4.69, 9.17) is 4.42 Å². The Morgan fingerprint density at radius 3 is 2.36 bits per heavy atom. The van der Waals surface area contributed by atoms with Crippen LogP contribution in [0.2, 0.25) is 0 Å². The first kappa shape index (κ1) is 23.5. The van der Waals surface area contributed by atoms with Crippen molar-refractivity contribution < 1.29 is 14.0 Å². The van der Waals surface area contributed by atoms with Gasteiger partial charge < -0.3 is 9.32 Å². The van der Waals surface area contributed by atoms with Gasteiger partial charge in [-0.15, -0.1) is 11.3 Å². The van der Waals surface area contributed by atoms with Crippen molar-refractivity contribution in [2.24, 2.45) is 0 Å². The number of nitrogens with zero attached hydrogens (tertiary/aromatic N) is 3. The van der Waals surface area contributed by atoms with Crippen LogP contribution in [-0.2, 0) is 16.9 Å². The van der Waals surface area contributed by atoms with E-state index in [-0.39, 0.29) is 23.8 Å². The fourth-order valence-corrected chi connectivity index (χ4v) is 6.66. The summed E-state index contributed by atoms with van der Waals surface area (Å²) in [5, 5.41) is 0.671. The van der Waals surface area contributed by atoms with Crippen molar-refractivity contribution in [3.05, 3.63) is 122 Å². The molecule has 8 heteroatoms. The summed E-state index contributed by atoms with van der Waals surface area (Å²) in [6.07, 6.45) is 0. The molecule has 0 aliphatic carbocycles.